The Bertz CT molecular complexity index is 823. The molecule has 1 atom stereocenters. The third-order valence-electron chi connectivity index (χ3n) is 3.33. The molecule has 2 aromatic rings. The highest BCUT2D eigenvalue weighted by atomic mass is 79.9. The molecule has 24 heavy (non-hydrogen) atoms. The Kier molecular flexibility index (Phi) is 6.11. The molecular formula is C16H19BrN3O3S+. The van der Waals surface area contributed by atoms with Crippen molar-refractivity contribution in [1.82, 2.24) is 0 Å². The number of primary sulfonamides is 1. The second-order valence-corrected chi connectivity index (χ2v) is 8.04. The summed E-state index contributed by atoms with van der Waals surface area (Å²) in [6.45, 7) is 0.966. The number of likely N-dealkylation sites (N-methyl/N-ethyl adjacent to an activating group) is 1. The number of nitrogens with one attached hydrogen (secondary N) is 2. The first-order valence-corrected chi connectivity index (χ1v) is 9.56. The molecule has 2 rings (SSSR count). The van der Waals surface area contributed by atoms with Gasteiger partial charge in [-0.15, -0.1) is 0 Å². The van der Waals surface area contributed by atoms with Crippen molar-refractivity contribution in [3.63, 3.8) is 0 Å². The summed E-state index contributed by atoms with van der Waals surface area (Å²) in [4.78, 5) is 13.1. The zero-order valence-corrected chi connectivity index (χ0v) is 15.5. The molecule has 1 unspecified atom stereocenters. The van der Waals surface area contributed by atoms with Crippen LogP contribution in [0.15, 0.2) is 57.9 Å². The van der Waals surface area contributed by atoms with Gasteiger partial charge in [0.05, 0.1) is 11.9 Å². The number of benzene rings is 2. The van der Waals surface area contributed by atoms with Gasteiger partial charge in [0.1, 0.15) is 6.54 Å². The number of anilines is 1. The number of amides is 1. The quantitative estimate of drug-likeness (QED) is 0.653. The molecule has 2 aromatic carbocycles. The number of sulfonamides is 1. The lowest BCUT2D eigenvalue weighted by atomic mass is 10.2. The number of rotatable bonds is 6. The van der Waals surface area contributed by atoms with Crippen molar-refractivity contribution >= 4 is 37.5 Å². The second kappa shape index (κ2) is 7.89. The average molecular weight is 413 g/mol. The molecule has 0 spiro atoms. The van der Waals surface area contributed by atoms with Gasteiger partial charge in [-0.25, -0.2) is 13.6 Å². The van der Waals surface area contributed by atoms with Gasteiger partial charge in [0.15, 0.2) is 6.54 Å². The van der Waals surface area contributed by atoms with Crippen molar-refractivity contribution < 1.29 is 18.1 Å². The predicted octanol–water partition coefficient (Wildman–Crippen LogP) is 0.750. The van der Waals surface area contributed by atoms with Crippen LogP contribution in [0.1, 0.15) is 5.56 Å². The van der Waals surface area contributed by atoms with Gasteiger partial charge in [-0.3, -0.25) is 4.79 Å². The van der Waals surface area contributed by atoms with E-state index in [4.69, 9.17) is 5.14 Å². The minimum Gasteiger partial charge on any atom is -0.326 e. The normalized spacial score (nSPS) is 12.6. The molecule has 0 aliphatic rings. The minimum absolute atomic E-state index is 0.0316. The fraction of sp³-hybridized carbons (Fsp3) is 0.188. The van der Waals surface area contributed by atoms with Gasteiger partial charge in [0.25, 0.3) is 5.91 Å². The van der Waals surface area contributed by atoms with Crippen molar-refractivity contribution in [3.05, 3.63) is 58.6 Å². The molecular weight excluding hydrogens is 394 g/mol. The van der Waals surface area contributed by atoms with E-state index in [1.807, 2.05) is 31.3 Å². The highest BCUT2D eigenvalue weighted by Gasteiger charge is 2.13. The van der Waals surface area contributed by atoms with Crippen molar-refractivity contribution in [3.8, 4) is 0 Å². The van der Waals surface area contributed by atoms with Crippen LogP contribution in [0.2, 0.25) is 0 Å². The summed E-state index contributed by atoms with van der Waals surface area (Å²) >= 11 is 3.39. The van der Waals surface area contributed by atoms with E-state index in [-0.39, 0.29) is 17.3 Å². The van der Waals surface area contributed by atoms with Crippen molar-refractivity contribution in [1.29, 1.82) is 0 Å². The Morgan fingerprint density at radius 1 is 1.21 bits per heavy atom. The molecule has 0 bridgehead atoms. The standard InChI is InChI=1S/C16H18BrN3O3S/c1-20(10-12-5-7-13(17)8-6-12)11-16(21)19-14-3-2-4-15(9-14)24(18,22)23/h2-9H,10-11H2,1H3,(H,19,21)(H2,18,22,23)/p+1. The van der Waals surface area contributed by atoms with Crippen LogP contribution in [0.4, 0.5) is 5.69 Å². The van der Waals surface area contributed by atoms with Gasteiger partial charge in [0, 0.05) is 15.7 Å². The summed E-state index contributed by atoms with van der Waals surface area (Å²) in [6, 6.07) is 13.8. The monoisotopic (exact) mass is 412 g/mol. The number of carbonyl (C=O) groups is 1. The fourth-order valence-corrected chi connectivity index (χ4v) is 3.07. The zero-order valence-electron chi connectivity index (χ0n) is 13.1. The molecule has 6 nitrogen and oxygen atoms in total. The van der Waals surface area contributed by atoms with E-state index in [1.54, 1.807) is 6.07 Å². The van der Waals surface area contributed by atoms with Crippen LogP contribution in [0.3, 0.4) is 0 Å². The first-order valence-electron chi connectivity index (χ1n) is 7.22. The van der Waals surface area contributed by atoms with Crippen LogP contribution in [0.25, 0.3) is 0 Å². The highest BCUT2D eigenvalue weighted by molar-refractivity contribution is 9.10. The predicted molar refractivity (Wildman–Crippen MR) is 96.0 cm³/mol. The summed E-state index contributed by atoms with van der Waals surface area (Å²) < 4.78 is 23.7. The Hall–Kier alpha value is -1.74. The van der Waals surface area contributed by atoms with Crippen LogP contribution in [0.5, 0.6) is 0 Å². The smallest absolute Gasteiger partial charge is 0.279 e. The molecule has 0 heterocycles. The van der Waals surface area contributed by atoms with Crippen molar-refractivity contribution in [2.45, 2.75) is 11.4 Å². The molecule has 0 radical (unpaired) electrons. The Labute approximate surface area is 149 Å². The third-order valence-corrected chi connectivity index (χ3v) is 4.77. The Morgan fingerprint density at radius 2 is 1.88 bits per heavy atom. The van der Waals surface area contributed by atoms with E-state index < -0.39 is 10.0 Å². The number of halogens is 1. The van der Waals surface area contributed by atoms with Crippen LogP contribution in [0, 0.1) is 0 Å². The SMILES string of the molecule is C[NH+](CC(=O)Nc1cccc(S(N)(=O)=O)c1)Cc1ccc(Br)cc1. The topological polar surface area (TPSA) is 93.7 Å². The second-order valence-electron chi connectivity index (χ2n) is 5.56. The number of nitrogens with two attached hydrogens (primary N) is 1. The molecule has 128 valence electrons. The molecule has 4 N–H and O–H groups in total. The van der Waals surface area contributed by atoms with Gasteiger partial charge in [-0.1, -0.05) is 34.1 Å². The van der Waals surface area contributed by atoms with Gasteiger partial charge >= 0.3 is 0 Å². The molecule has 0 fully saturated rings. The number of carbonyl (C=O) groups excluding carboxylic acids is 1. The van der Waals surface area contributed by atoms with Gasteiger partial charge in [-0.05, 0) is 30.3 Å². The maximum atomic E-state index is 12.1. The fourth-order valence-electron chi connectivity index (χ4n) is 2.24. The maximum absolute atomic E-state index is 12.1. The number of hydrogen-bond acceptors (Lipinski definition) is 3. The largest absolute Gasteiger partial charge is 0.326 e. The first-order chi connectivity index (χ1) is 11.2. The maximum Gasteiger partial charge on any atom is 0.279 e. The molecule has 8 heteroatoms. The summed E-state index contributed by atoms with van der Waals surface area (Å²) in [5, 5.41) is 7.78. The minimum atomic E-state index is -3.79. The molecule has 0 aliphatic heterocycles. The van der Waals surface area contributed by atoms with Crippen molar-refractivity contribution in [2.24, 2.45) is 5.14 Å². The zero-order chi connectivity index (χ0) is 17.7. The first kappa shape index (κ1) is 18.6. The summed E-state index contributed by atoms with van der Waals surface area (Å²) in [6.07, 6.45) is 0. The highest BCUT2D eigenvalue weighted by Crippen LogP contribution is 2.13. The van der Waals surface area contributed by atoms with Gasteiger partial charge in [0.2, 0.25) is 10.0 Å². The Balaban J connectivity index is 1.94. The van der Waals surface area contributed by atoms with E-state index in [0.717, 1.165) is 14.9 Å². The molecule has 0 aliphatic carbocycles. The summed E-state index contributed by atoms with van der Waals surface area (Å²) in [7, 11) is -1.87. The Morgan fingerprint density at radius 3 is 2.50 bits per heavy atom. The third kappa shape index (κ3) is 5.72. The molecule has 0 saturated heterocycles. The van der Waals surface area contributed by atoms with Crippen LogP contribution >= 0.6 is 15.9 Å². The molecule has 0 saturated carbocycles. The van der Waals surface area contributed by atoms with Crippen LogP contribution in [-0.2, 0) is 21.4 Å². The van der Waals surface area contributed by atoms with E-state index >= 15 is 0 Å². The number of quaternary nitrogens is 1. The number of hydrogen-bond donors (Lipinski definition) is 3. The lowest BCUT2D eigenvalue weighted by Gasteiger charge is -2.14. The van der Waals surface area contributed by atoms with Gasteiger partial charge in [-0.2, -0.15) is 0 Å². The molecule has 1 amide bonds. The lowest BCUT2D eigenvalue weighted by molar-refractivity contribution is -0.885. The van der Waals surface area contributed by atoms with Crippen LogP contribution < -0.4 is 15.4 Å². The summed E-state index contributed by atoms with van der Waals surface area (Å²) in [5.74, 6) is -0.198. The molecule has 0 aromatic heterocycles. The van der Waals surface area contributed by atoms with E-state index in [0.29, 0.717) is 12.2 Å². The van der Waals surface area contributed by atoms with Crippen LogP contribution in [-0.4, -0.2) is 27.9 Å². The van der Waals surface area contributed by atoms with Crippen molar-refractivity contribution in [2.75, 3.05) is 18.9 Å². The van der Waals surface area contributed by atoms with Gasteiger partial charge < -0.3 is 10.2 Å². The average Bonchev–Trinajstić information content (AvgIpc) is 2.49. The van der Waals surface area contributed by atoms with E-state index in [2.05, 4.69) is 21.2 Å². The van der Waals surface area contributed by atoms with E-state index in [1.165, 1.54) is 18.2 Å². The van der Waals surface area contributed by atoms with E-state index in [9.17, 15) is 13.2 Å². The lowest BCUT2D eigenvalue weighted by Crippen LogP contribution is -3.08. The summed E-state index contributed by atoms with van der Waals surface area (Å²) in [5.41, 5.74) is 1.53.